The van der Waals surface area contributed by atoms with Crippen LogP contribution in [0.3, 0.4) is 0 Å². The van der Waals surface area contributed by atoms with E-state index in [0.717, 1.165) is 16.3 Å². The van der Waals surface area contributed by atoms with Crippen LogP contribution in [0.15, 0.2) is 36.4 Å². The second kappa shape index (κ2) is 4.58. The number of benzene rings is 2. The summed E-state index contributed by atoms with van der Waals surface area (Å²) < 4.78 is 0. The molecule has 2 aromatic rings. The smallest absolute Gasteiger partial charge is 0.229 e. The van der Waals surface area contributed by atoms with E-state index in [2.05, 4.69) is 11.8 Å². The fraction of sp³-hybridized carbons (Fsp3) is 0.0714. The SMILES string of the molecule is NC(=O)CC#Cc1ccc2ccc(O)cc2c1. The Bertz CT molecular complexity index is 635. The highest BCUT2D eigenvalue weighted by Gasteiger charge is 1.96. The highest BCUT2D eigenvalue weighted by atomic mass is 16.3. The van der Waals surface area contributed by atoms with Crippen LogP contribution in [0, 0.1) is 11.8 Å². The Morgan fingerprint density at radius 1 is 1.18 bits per heavy atom. The summed E-state index contributed by atoms with van der Waals surface area (Å²) in [5, 5.41) is 11.3. The quantitative estimate of drug-likeness (QED) is 0.726. The summed E-state index contributed by atoms with van der Waals surface area (Å²) in [4.78, 5) is 10.5. The molecule has 0 bridgehead atoms. The zero-order valence-corrected chi connectivity index (χ0v) is 9.10. The Hall–Kier alpha value is -2.47. The number of hydrogen-bond acceptors (Lipinski definition) is 2. The summed E-state index contributed by atoms with van der Waals surface area (Å²) in [5.74, 6) is 5.34. The Kier molecular flexibility index (Phi) is 2.97. The molecule has 84 valence electrons. The first-order chi connectivity index (χ1) is 8.15. The van der Waals surface area contributed by atoms with Crippen LogP contribution < -0.4 is 5.73 Å². The van der Waals surface area contributed by atoms with Gasteiger partial charge in [0.2, 0.25) is 5.91 Å². The molecule has 0 aromatic heterocycles. The van der Waals surface area contributed by atoms with Crippen molar-refractivity contribution in [2.45, 2.75) is 6.42 Å². The van der Waals surface area contributed by atoms with E-state index in [1.165, 1.54) is 0 Å². The maximum Gasteiger partial charge on any atom is 0.229 e. The normalized spacial score (nSPS) is 9.65. The molecule has 3 nitrogen and oxygen atoms in total. The van der Waals surface area contributed by atoms with E-state index in [1.807, 2.05) is 24.3 Å². The number of phenols is 1. The van der Waals surface area contributed by atoms with Gasteiger partial charge in [-0.1, -0.05) is 24.0 Å². The summed E-state index contributed by atoms with van der Waals surface area (Å²) in [5.41, 5.74) is 5.79. The van der Waals surface area contributed by atoms with Gasteiger partial charge in [-0.2, -0.15) is 0 Å². The average molecular weight is 225 g/mol. The van der Waals surface area contributed by atoms with Gasteiger partial charge in [-0.25, -0.2) is 0 Å². The Balaban J connectivity index is 2.36. The Labute approximate surface area is 98.9 Å². The first-order valence-electron chi connectivity index (χ1n) is 5.15. The van der Waals surface area contributed by atoms with E-state index < -0.39 is 5.91 Å². The third kappa shape index (κ3) is 2.76. The third-order valence-electron chi connectivity index (χ3n) is 2.32. The molecule has 3 N–H and O–H groups in total. The van der Waals surface area contributed by atoms with Gasteiger partial charge >= 0.3 is 0 Å². The number of fused-ring (bicyclic) bond motifs is 1. The molecule has 0 aliphatic rings. The van der Waals surface area contributed by atoms with Gasteiger partial charge in [0.25, 0.3) is 0 Å². The van der Waals surface area contributed by atoms with Crippen LogP contribution in [0.5, 0.6) is 5.75 Å². The van der Waals surface area contributed by atoms with Crippen LogP contribution in [0.4, 0.5) is 0 Å². The van der Waals surface area contributed by atoms with E-state index in [-0.39, 0.29) is 12.2 Å². The van der Waals surface area contributed by atoms with Crippen molar-refractivity contribution in [3.05, 3.63) is 42.0 Å². The number of phenolic OH excluding ortho intramolecular Hbond substituents is 1. The van der Waals surface area contributed by atoms with Gasteiger partial charge in [-0.15, -0.1) is 0 Å². The standard InChI is InChI=1S/C14H11NO2/c15-14(17)3-1-2-10-4-5-11-6-7-13(16)9-12(11)8-10/h4-9,16H,3H2,(H2,15,17). The van der Waals surface area contributed by atoms with Gasteiger partial charge in [-0.3, -0.25) is 4.79 Å². The van der Waals surface area contributed by atoms with Crippen LogP contribution in [-0.2, 0) is 4.79 Å². The molecule has 0 unspecified atom stereocenters. The summed E-state index contributed by atoms with van der Waals surface area (Å²) in [6.07, 6.45) is 0.0536. The predicted molar refractivity (Wildman–Crippen MR) is 66.3 cm³/mol. The molecule has 0 atom stereocenters. The lowest BCUT2D eigenvalue weighted by atomic mass is 10.1. The molecule has 1 amide bonds. The number of hydrogen-bond donors (Lipinski definition) is 2. The predicted octanol–water partition coefficient (Wildman–Crippen LogP) is 1.77. The molecular formula is C14H11NO2. The number of carbonyl (C=O) groups is 1. The van der Waals surface area contributed by atoms with Gasteiger partial charge in [-0.05, 0) is 35.0 Å². The van der Waals surface area contributed by atoms with Gasteiger partial charge in [0.05, 0.1) is 6.42 Å². The fourth-order valence-electron chi connectivity index (χ4n) is 1.55. The van der Waals surface area contributed by atoms with Crippen molar-refractivity contribution < 1.29 is 9.90 Å². The maximum atomic E-state index is 10.5. The monoisotopic (exact) mass is 225 g/mol. The second-order valence-electron chi connectivity index (χ2n) is 3.69. The fourth-order valence-corrected chi connectivity index (χ4v) is 1.55. The summed E-state index contributed by atoms with van der Waals surface area (Å²) in [7, 11) is 0. The van der Waals surface area contributed by atoms with E-state index >= 15 is 0 Å². The minimum Gasteiger partial charge on any atom is -0.508 e. The van der Waals surface area contributed by atoms with E-state index in [0.29, 0.717) is 0 Å². The molecule has 0 spiro atoms. The third-order valence-corrected chi connectivity index (χ3v) is 2.32. The topological polar surface area (TPSA) is 63.3 Å². The zero-order chi connectivity index (χ0) is 12.3. The van der Waals surface area contributed by atoms with Gasteiger partial charge in [0.1, 0.15) is 5.75 Å². The van der Waals surface area contributed by atoms with Crippen molar-refractivity contribution in [3.63, 3.8) is 0 Å². The molecule has 0 saturated heterocycles. The number of nitrogens with two attached hydrogens (primary N) is 1. The molecule has 0 aliphatic carbocycles. The highest BCUT2D eigenvalue weighted by Crippen LogP contribution is 2.20. The zero-order valence-electron chi connectivity index (χ0n) is 9.10. The molecule has 0 saturated carbocycles. The number of amides is 1. The van der Waals surface area contributed by atoms with Crippen molar-refractivity contribution in [3.8, 4) is 17.6 Å². The van der Waals surface area contributed by atoms with Crippen molar-refractivity contribution >= 4 is 16.7 Å². The molecule has 0 aliphatic heterocycles. The van der Waals surface area contributed by atoms with Crippen LogP contribution in [0.1, 0.15) is 12.0 Å². The lowest BCUT2D eigenvalue weighted by molar-refractivity contribution is -0.117. The van der Waals surface area contributed by atoms with Crippen molar-refractivity contribution in [1.29, 1.82) is 0 Å². The van der Waals surface area contributed by atoms with Crippen LogP contribution >= 0.6 is 0 Å². The molecule has 2 aromatic carbocycles. The van der Waals surface area contributed by atoms with Gasteiger partial charge in [0.15, 0.2) is 0 Å². The number of rotatable bonds is 1. The average Bonchev–Trinajstić information content (AvgIpc) is 2.28. The minimum absolute atomic E-state index is 0.0536. The molecule has 0 heterocycles. The van der Waals surface area contributed by atoms with Gasteiger partial charge < -0.3 is 10.8 Å². The van der Waals surface area contributed by atoms with E-state index in [9.17, 15) is 9.90 Å². The van der Waals surface area contributed by atoms with Crippen LogP contribution in [0.25, 0.3) is 10.8 Å². The summed E-state index contributed by atoms with van der Waals surface area (Å²) in [6.45, 7) is 0. The van der Waals surface area contributed by atoms with Crippen molar-refractivity contribution in [2.24, 2.45) is 5.73 Å². The van der Waals surface area contributed by atoms with E-state index in [4.69, 9.17) is 5.73 Å². The highest BCUT2D eigenvalue weighted by molar-refractivity contribution is 5.85. The second-order valence-corrected chi connectivity index (χ2v) is 3.69. The van der Waals surface area contributed by atoms with Crippen LogP contribution in [-0.4, -0.2) is 11.0 Å². The molecular weight excluding hydrogens is 214 g/mol. The first kappa shape index (κ1) is 11.0. The molecule has 2 rings (SSSR count). The van der Waals surface area contributed by atoms with Crippen molar-refractivity contribution in [2.75, 3.05) is 0 Å². The summed E-state index contributed by atoms with van der Waals surface area (Å²) >= 11 is 0. The molecule has 3 heteroatoms. The maximum absolute atomic E-state index is 10.5. The first-order valence-corrected chi connectivity index (χ1v) is 5.15. The molecule has 0 radical (unpaired) electrons. The molecule has 17 heavy (non-hydrogen) atoms. The summed E-state index contributed by atoms with van der Waals surface area (Å²) in [6, 6.07) is 10.8. The lowest BCUT2D eigenvalue weighted by Gasteiger charge is -1.99. The Morgan fingerprint density at radius 3 is 2.71 bits per heavy atom. The van der Waals surface area contributed by atoms with E-state index in [1.54, 1.807) is 12.1 Å². The van der Waals surface area contributed by atoms with Gasteiger partial charge in [0, 0.05) is 5.56 Å². The number of carbonyl (C=O) groups excluding carboxylic acids is 1. The molecule has 0 fully saturated rings. The largest absolute Gasteiger partial charge is 0.508 e. The number of aromatic hydroxyl groups is 1. The number of primary amides is 1. The lowest BCUT2D eigenvalue weighted by Crippen LogP contribution is -2.08. The minimum atomic E-state index is -0.434. The Morgan fingerprint density at radius 2 is 1.94 bits per heavy atom. The van der Waals surface area contributed by atoms with Crippen molar-refractivity contribution in [1.82, 2.24) is 0 Å². The van der Waals surface area contributed by atoms with Crippen LogP contribution in [0.2, 0.25) is 0 Å².